The lowest BCUT2D eigenvalue weighted by Crippen LogP contribution is -2.02. The molecule has 0 amide bonds. The number of halogens is 2. The second-order valence-electron chi connectivity index (χ2n) is 4.72. The van der Waals surface area contributed by atoms with E-state index in [1.165, 1.54) is 0 Å². The standard InChI is InChI=1S/C17H18BrClO2/c1-4-21-15-8-5-11(2)9-14(15)17(19)13-7-6-12(18)10-16(13)20-3/h5-10,17H,4H2,1-3H3. The van der Waals surface area contributed by atoms with Crippen LogP contribution in [-0.2, 0) is 0 Å². The Bertz CT molecular complexity index is 628. The van der Waals surface area contributed by atoms with Crippen LogP contribution in [0.15, 0.2) is 40.9 Å². The van der Waals surface area contributed by atoms with Gasteiger partial charge in [-0.1, -0.05) is 39.7 Å². The second kappa shape index (κ2) is 7.19. The molecule has 0 saturated heterocycles. The first-order valence-corrected chi connectivity index (χ1v) is 8.00. The highest BCUT2D eigenvalue weighted by molar-refractivity contribution is 9.10. The van der Waals surface area contributed by atoms with E-state index in [1.54, 1.807) is 7.11 Å². The summed E-state index contributed by atoms with van der Waals surface area (Å²) in [4.78, 5) is 0. The minimum absolute atomic E-state index is 0.325. The van der Waals surface area contributed by atoms with E-state index in [2.05, 4.69) is 22.0 Å². The lowest BCUT2D eigenvalue weighted by atomic mass is 10.0. The maximum atomic E-state index is 6.71. The summed E-state index contributed by atoms with van der Waals surface area (Å²) in [6.07, 6.45) is 0. The number of alkyl halides is 1. The quantitative estimate of drug-likeness (QED) is 0.648. The van der Waals surface area contributed by atoms with Crippen LogP contribution >= 0.6 is 27.5 Å². The number of rotatable bonds is 5. The molecule has 0 fully saturated rings. The zero-order valence-electron chi connectivity index (χ0n) is 12.3. The maximum Gasteiger partial charge on any atom is 0.125 e. The van der Waals surface area contributed by atoms with Gasteiger partial charge in [-0.2, -0.15) is 0 Å². The van der Waals surface area contributed by atoms with E-state index in [-0.39, 0.29) is 5.38 Å². The largest absolute Gasteiger partial charge is 0.496 e. The molecule has 0 spiro atoms. The van der Waals surface area contributed by atoms with E-state index in [1.807, 2.05) is 44.2 Å². The van der Waals surface area contributed by atoms with Crippen LogP contribution in [0.1, 0.15) is 29.0 Å². The van der Waals surface area contributed by atoms with E-state index in [9.17, 15) is 0 Å². The van der Waals surface area contributed by atoms with Gasteiger partial charge >= 0.3 is 0 Å². The summed E-state index contributed by atoms with van der Waals surface area (Å²) < 4.78 is 12.1. The SMILES string of the molecule is CCOc1ccc(C)cc1C(Cl)c1ccc(Br)cc1OC. The van der Waals surface area contributed by atoms with Gasteiger partial charge in [0.15, 0.2) is 0 Å². The third kappa shape index (κ3) is 3.72. The number of ether oxygens (including phenoxy) is 2. The van der Waals surface area contributed by atoms with Crippen molar-refractivity contribution >= 4 is 27.5 Å². The van der Waals surface area contributed by atoms with Crippen molar-refractivity contribution in [3.05, 3.63) is 57.6 Å². The Morgan fingerprint density at radius 2 is 1.86 bits per heavy atom. The molecule has 0 saturated carbocycles. The van der Waals surface area contributed by atoms with Gasteiger partial charge in [-0.15, -0.1) is 11.6 Å². The van der Waals surface area contributed by atoms with Gasteiger partial charge in [0.1, 0.15) is 11.5 Å². The van der Waals surface area contributed by atoms with Crippen molar-refractivity contribution in [2.75, 3.05) is 13.7 Å². The van der Waals surface area contributed by atoms with Crippen LogP contribution in [-0.4, -0.2) is 13.7 Å². The molecule has 0 heterocycles. The van der Waals surface area contributed by atoms with Crippen LogP contribution in [0.4, 0.5) is 0 Å². The molecular formula is C17H18BrClO2. The van der Waals surface area contributed by atoms with Gasteiger partial charge in [-0.25, -0.2) is 0 Å². The number of aryl methyl sites for hydroxylation is 1. The minimum Gasteiger partial charge on any atom is -0.496 e. The van der Waals surface area contributed by atoms with E-state index in [0.717, 1.165) is 32.7 Å². The summed E-state index contributed by atoms with van der Waals surface area (Å²) in [6.45, 7) is 4.62. The number of benzene rings is 2. The van der Waals surface area contributed by atoms with Crippen LogP contribution in [0.2, 0.25) is 0 Å². The number of hydrogen-bond acceptors (Lipinski definition) is 2. The molecule has 0 bridgehead atoms. The fourth-order valence-electron chi connectivity index (χ4n) is 2.21. The first-order valence-electron chi connectivity index (χ1n) is 6.77. The highest BCUT2D eigenvalue weighted by atomic mass is 79.9. The first-order chi connectivity index (χ1) is 10.1. The Morgan fingerprint density at radius 3 is 2.52 bits per heavy atom. The summed E-state index contributed by atoms with van der Waals surface area (Å²) in [5.41, 5.74) is 3.03. The van der Waals surface area contributed by atoms with Crippen LogP contribution in [0.25, 0.3) is 0 Å². The van der Waals surface area contributed by atoms with Gasteiger partial charge in [0.25, 0.3) is 0 Å². The van der Waals surface area contributed by atoms with Crippen LogP contribution in [0.3, 0.4) is 0 Å². The monoisotopic (exact) mass is 368 g/mol. The van der Waals surface area contributed by atoms with Gasteiger partial charge in [0.2, 0.25) is 0 Å². The predicted octanol–water partition coefficient (Wildman–Crippen LogP) is 5.49. The predicted molar refractivity (Wildman–Crippen MR) is 90.7 cm³/mol. The highest BCUT2D eigenvalue weighted by Crippen LogP contribution is 2.40. The average molecular weight is 370 g/mol. The smallest absolute Gasteiger partial charge is 0.125 e. The molecule has 1 unspecified atom stereocenters. The second-order valence-corrected chi connectivity index (χ2v) is 6.08. The van der Waals surface area contributed by atoms with E-state index < -0.39 is 0 Å². The van der Waals surface area contributed by atoms with E-state index >= 15 is 0 Å². The zero-order chi connectivity index (χ0) is 15.4. The topological polar surface area (TPSA) is 18.5 Å². The lowest BCUT2D eigenvalue weighted by Gasteiger charge is -2.18. The van der Waals surface area contributed by atoms with Crippen molar-refractivity contribution in [1.82, 2.24) is 0 Å². The van der Waals surface area contributed by atoms with Gasteiger partial charge in [0.05, 0.1) is 19.1 Å². The number of methoxy groups -OCH3 is 1. The molecule has 2 aromatic rings. The molecule has 2 rings (SSSR count). The van der Waals surface area contributed by atoms with E-state index in [4.69, 9.17) is 21.1 Å². The molecule has 0 aliphatic heterocycles. The minimum atomic E-state index is -0.325. The van der Waals surface area contributed by atoms with Crippen LogP contribution < -0.4 is 9.47 Å². The van der Waals surface area contributed by atoms with Crippen molar-refractivity contribution in [3.63, 3.8) is 0 Å². The Kier molecular flexibility index (Phi) is 5.54. The molecule has 0 aromatic heterocycles. The third-order valence-electron chi connectivity index (χ3n) is 3.21. The summed E-state index contributed by atoms with van der Waals surface area (Å²) in [7, 11) is 1.65. The molecule has 4 heteroatoms. The van der Waals surface area contributed by atoms with Gasteiger partial charge in [-0.05, 0) is 32.0 Å². The first kappa shape index (κ1) is 16.2. The van der Waals surface area contributed by atoms with E-state index in [0.29, 0.717) is 6.61 Å². The fourth-order valence-corrected chi connectivity index (χ4v) is 2.91. The fraction of sp³-hybridized carbons (Fsp3) is 0.294. The Morgan fingerprint density at radius 1 is 1.10 bits per heavy atom. The van der Waals surface area contributed by atoms with Crippen molar-refractivity contribution in [2.45, 2.75) is 19.2 Å². The molecule has 0 aliphatic rings. The van der Waals surface area contributed by atoms with Crippen molar-refractivity contribution < 1.29 is 9.47 Å². The molecule has 0 N–H and O–H groups in total. The van der Waals surface area contributed by atoms with Gasteiger partial charge in [-0.3, -0.25) is 0 Å². The Hall–Kier alpha value is -1.19. The van der Waals surface area contributed by atoms with Gasteiger partial charge in [0, 0.05) is 15.6 Å². The molecule has 21 heavy (non-hydrogen) atoms. The normalized spacial score (nSPS) is 12.0. The van der Waals surface area contributed by atoms with Crippen molar-refractivity contribution in [3.8, 4) is 11.5 Å². The molecule has 2 nitrogen and oxygen atoms in total. The molecule has 0 aliphatic carbocycles. The molecule has 2 aromatic carbocycles. The molecule has 112 valence electrons. The zero-order valence-corrected chi connectivity index (χ0v) is 14.7. The number of hydrogen-bond donors (Lipinski definition) is 0. The van der Waals surface area contributed by atoms with Crippen molar-refractivity contribution in [1.29, 1.82) is 0 Å². The molecule has 1 atom stereocenters. The summed E-state index contributed by atoms with van der Waals surface area (Å²) in [6, 6.07) is 11.9. The highest BCUT2D eigenvalue weighted by Gasteiger charge is 2.20. The van der Waals surface area contributed by atoms with Gasteiger partial charge < -0.3 is 9.47 Å². The summed E-state index contributed by atoms with van der Waals surface area (Å²) in [5, 5.41) is -0.325. The summed E-state index contributed by atoms with van der Waals surface area (Å²) in [5.74, 6) is 1.57. The van der Waals surface area contributed by atoms with Crippen LogP contribution in [0, 0.1) is 6.92 Å². The molecule has 0 radical (unpaired) electrons. The maximum absolute atomic E-state index is 6.71. The summed E-state index contributed by atoms with van der Waals surface area (Å²) >= 11 is 10.2. The third-order valence-corrected chi connectivity index (χ3v) is 4.17. The molecular weight excluding hydrogens is 352 g/mol. The Balaban J connectivity index is 2.48. The van der Waals surface area contributed by atoms with Crippen molar-refractivity contribution in [2.24, 2.45) is 0 Å². The lowest BCUT2D eigenvalue weighted by molar-refractivity contribution is 0.336. The Labute approximate surface area is 139 Å². The average Bonchev–Trinajstić information content (AvgIpc) is 2.48. The van der Waals surface area contributed by atoms with Crippen LogP contribution in [0.5, 0.6) is 11.5 Å².